The highest BCUT2D eigenvalue weighted by molar-refractivity contribution is 5.95. The number of carbonyl (C=O) groups excluding carboxylic acids is 2. The van der Waals surface area contributed by atoms with Gasteiger partial charge in [0.1, 0.15) is 11.5 Å². The van der Waals surface area contributed by atoms with Crippen LogP contribution in [0.4, 0.5) is 4.79 Å². The Morgan fingerprint density at radius 3 is 2.62 bits per heavy atom. The molecule has 2 aromatic rings. The van der Waals surface area contributed by atoms with Gasteiger partial charge >= 0.3 is 6.03 Å². The zero-order valence-corrected chi connectivity index (χ0v) is 14.7. The van der Waals surface area contributed by atoms with Crippen LogP contribution in [-0.4, -0.2) is 36.5 Å². The normalized spacial score (nSPS) is 13.5. The molecule has 3 amide bonds. The summed E-state index contributed by atoms with van der Waals surface area (Å²) < 4.78 is 10.3. The molecule has 0 bridgehead atoms. The minimum Gasteiger partial charge on any atom is -0.497 e. The van der Waals surface area contributed by atoms with Crippen molar-refractivity contribution < 1.29 is 18.7 Å². The van der Waals surface area contributed by atoms with E-state index in [9.17, 15) is 9.59 Å². The molecule has 1 aromatic heterocycles. The van der Waals surface area contributed by atoms with Crippen LogP contribution >= 0.6 is 0 Å². The van der Waals surface area contributed by atoms with Gasteiger partial charge in [0, 0.05) is 12.6 Å². The number of nitrogens with zero attached hydrogens (tertiary/aromatic N) is 1. The monoisotopic (exact) mass is 357 g/mol. The van der Waals surface area contributed by atoms with E-state index in [0.29, 0.717) is 18.3 Å². The van der Waals surface area contributed by atoms with Crippen LogP contribution in [0.3, 0.4) is 0 Å². The molecule has 1 aromatic carbocycles. The number of imide groups is 1. The molecule has 7 heteroatoms. The SMILES string of the molecule is COc1ccc(CN(CC(=O)NC(=O)NCc2ccco2)C2CC2)cc1. The molecular formula is C19H23N3O4. The number of hydrogen-bond acceptors (Lipinski definition) is 5. The standard InChI is InChI=1S/C19H23N3O4/c1-25-16-8-4-14(5-9-16)12-22(15-6-7-15)13-18(23)21-19(24)20-11-17-3-2-10-26-17/h2-5,8-10,15H,6-7,11-13H2,1H3,(H2,20,21,23,24). The van der Waals surface area contributed by atoms with E-state index in [1.807, 2.05) is 24.3 Å². The van der Waals surface area contributed by atoms with Gasteiger partial charge in [0.2, 0.25) is 5.91 Å². The largest absolute Gasteiger partial charge is 0.497 e. The number of urea groups is 1. The van der Waals surface area contributed by atoms with Crippen LogP contribution in [0.2, 0.25) is 0 Å². The van der Waals surface area contributed by atoms with Gasteiger partial charge in [-0.1, -0.05) is 12.1 Å². The lowest BCUT2D eigenvalue weighted by molar-refractivity contribution is -0.121. The van der Waals surface area contributed by atoms with Crippen molar-refractivity contribution in [3.8, 4) is 5.75 Å². The Bertz CT molecular complexity index is 724. The summed E-state index contributed by atoms with van der Waals surface area (Å²) in [7, 11) is 1.63. The van der Waals surface area contributed by atoms with Gasteiger partial charge in [-0.2, -0.15) is 0 Å². The van der Waals surface area contributed by atoms with E-state index < -0.39 is 6.03 Å². The van der Waals surface area contributed by atoms with Crippen molar-refractivity contribution in [1.29, 1.82) is 0 Å². The molecule has 0 atom stereocenters. The number of ether oxygens (including phenoxy) is 1. The first-order valence-corrected chi connectivity index (χ1v) is 8.61. The highest BCUT2D eigenvalue weighted by Gasteiger charge is 2.30. The fourth-order valence-electron chi connectivity index (χ4n) is 2.69. The second kappa shape index (κ2) is 8.53. The Hall–Kier alpha value is -2.80. The summed E-state index contributed by atoms with van der Waals surface area (Å²) in [5, 5.41) is 4.97. The zero-order valence-electron chi connectivity index (χ0n) is 14.7. The van der Waals surface area contributed by atoms with Crippen molar-refractivity contribution in [2.24, 2.45) is 0 Å². The first-order chi connectivity index (χ1) is 12.6. The summed E-state index contributed by atoms with van der Waals surface area (Å²) in [4.78, 5) is 26.1. The van der Waals surface area contributed by atoms with Gasteiger partial charge in [0.15, 0.2) is 0 Å². The summed E-state index contributed by atoms with van der Waals surface area (Å²) in [6.45, 7) is 1.09. The van der Waals surface area contributed by atoms with Crippen LogP contribution in [0.25, 0.3) is 0 Å². The first-order valence-electron chi connectivity index (χ1n) is 8.61. The van der Waals surface area contributed by atoms with Crippen LogP contribution in [0, 0.1) is 0 Å². The van der Waals surface area contributed by atoms with Gasteiger partial charge in [0.05, 0.1) is 26.5 Å². The molecule has 1 aliphatic rings. The molecule has 138 valence electrons. The fraction of sp³-hybridized carbons (Fsp3) is 0.368. The lowest BCUT2D eigenvalue weighted by atomic mass is 10.2. The Kier molecular flexibility index (Phi) is 5.91. The van der Waals surface area contributed by atoms with Gasteiger partial charge in [0.25, 0.3) is 0 Å². The van der Waals surface area contributed by atoms with E-state index in [0.717, 1.165) is 24.2 Å². The van der Waals surface area contributed by atoms with Crippen LogP contribution in [0.15, 0.2) is 47.1 Å². The third-order valence-corrected chi connectivity index (χ3v) is 4.21. The summed E-state index contributed by atoms with van der Waals surface area (Å²) >= 11 is 0. The van der Waals surface area contributed by atoms with E-state index in [1.165, 1.54) is 6.26 Å². The summed E-state index contributed by atoms with van der Waals surface area (Å²) in [5.41, 5.74) is 1.10. The van der Waals surface area contributed by atoms with Crippen molar-refractivity contribution in [2.75, 3.05) is 13.7 Å². The molecule has 1 heterocycles. The van der Waals surface area contributed by atoms with Gasteiger partial charge in [-0.25, -0.2) is 4.79 Å². The third kappa shape index (κ3) is 5.35. The number of hydrogen-bond donors (Lipinski definition) is 2. The molecule has 26 heavy (non-hydrogen) atoms. The number of methoxy groups -OCH3 is 1. The fourth-order valence-corrected chi connectivity index (χ4v) is 2.69. The molecular weight excluding hydrogens is 334 g/mol. The van der Waals surface area contributed by atoms with E-state index in [2.05, 4.69) is 15.5 Å². The Balaban J connectivity index is 1.47. The zero-order chi connectivity index (χ0) is 18.4. The topological polar surface area (TPSA) is 83.8 Å². The highest BCUT2D eigenvalue weighted by atomic mass is 16.5. The summed E-state index contributed by atoms with van der Waals surface area (Å²) in [5.74, 6) is 1.12. The van der Waals surface area contributed by atoms with Crippen LogP contribution in [0.5, 0.6) is 5.75 Å². The van der Waals surface area contributed by atoms with E-state index in [-0.39, 0.29) is 19.0 Å². The average molecular weight is 357 g/mol. The molecule has 3 rings (SSSR count). The maximum Gasteiger partial charge on any atom is 0.321 e. The predicted octanol–water partition coefficient (Wildman–Crippen LogP) is 2.28. The van der Waals surface area contributed by atoms with E-state index >= 15 is 0 Å². The predicted molar refractivity (Wildman–Crippen MR) is 95.5 cm³/mol. The Morgan fingerprint density at radius 2 is 2.00 bits per heavy atom. The maximum atomic E-state index is 12.2. The smallest absolute Gasteiger partial charge is 0.321 e. The number of benzene rings is 1. The Labute approximate surface area is 152 Å². The molecule has 2 N–H and O–H groups in total. The van der Waals surface area contributed by atoms with Gasteiger partial charge in [-0.15, -0.1) is 0 Å². The maximum absolute atomic E-state index is 12.2. The van der Waals surface area contributed by atoms with E-state index in [4.69, 9.17) is 9.15 Å². The quantitative estimate of drug-likeness (QED) is 0.757. The average Bonchev–Trinajstić information content (AvgIpc) is 3.36. The summed E-state index contributed by atoms with van der Waals surface area (Å²) in [6.07, 6.45) is 3.69. The summed E-state index contributed by atoms with van der Waals surface area (Å²) in [6, 6.07) is 11.2. The van der Waals surface area contributed by atoms with Crippen molar-refractivity contribution in [2.45, 2.75) is 32.0 Å². The molecule has 0 saturated heterocycles. The van der Waals surface area contributed by atoms with Gasteiger partial charge in [-0.3, -0.25) is 15.0 Å². The third-order valence-electron chi connectivity index (χ3n) is 4.21. The molecule has 0 radical (unpaired) electrons. The van der Waals surface area contributed by atoms with Gasteiger partial charge in [-0.05, 0) is 42.7 Å². The highest BCUT2D eigenvalue weighted by Crippen LogP contribution is 2.28. The number of rotatable bonds is 8. The molecule has 1 fully saturated rings. The van der Waals surface area contributed by atoms with Crippen molar-refractivity contribution in [1.82, 2.24) is 15.5 Å². The molecule has 0 unspecified atom stereocenters. The van der Waals surface area contributed by atoms with Gasteiger partial charge < -0.3 is 14.5 Å². The second-order valence-electron chi connectivity index (χ2n) is 6.29. The van der Waals surface area contributed by atoms with Crippen LogP contribution in [-0.2, 0) is 17.9 Å². The second-order valence-corrected chi connectivity index (χ2v) is 6.29. The number of carbonyl (C=O) groups is 2. The minimum absolute atomic E-state index is 0.185. The number of nitrogens with one attached hydrogen (secondary N) is 2. The molecule has 1 aliphatic carbocycles. The lowest BCUT2D eigenvalue weighted by Gasteiger charge is -2.21. The van der Waals surface area contributed by atoms with Crippen molar-refractivity contribution >= 4 is 11.9 Å². The lowest BCUT2D eigenvalue weighted by Crippen LogP contribution is -2.44. The molecule has 0 spiro atoms. The van der Waals surface area contributed by atoms with Crippen LogP contribution < -0.4 is 15.4 Å². The Morgan fingerprint density at radius 1 is 1.23 bits per heavy atom. The first kappa shape index (κ1) is 18.0. The van der Waals surface area contributed by atoms with Crippen molar-refractivity contribution in [3.05, 3.63) is 54.0 Å². The molecule has 7 nitrogen and oxygen atoms in total. The van der Waals surface area contributed by atoms with E-state index in [1.54, 1.807) is 19.2 Å². The van der Waals surface area contributed by atoms with Crippen LogP contribution in [0.1, 0.15) is 24.2 Å². The molecule has 1 saturated carbocycles. The number of amides is 3. The number of furan rings is 1. The minimum atomic E-state index is -0.522. The van der Waals surface area contributed by atoms with Crippen molar-refractivity contribution in [3.63, 3.8) is 0 Å². The molecule has 0 aliphatic heterocycles.